The van der Waals surface area contributed by atoms with E-state index >= 15 is 0 Å². The Morgan fingerprint density at radius 3 is 2.91 bits per heavy atom. The van der Waals surface area contributed by atoms with Crippen molar-refractivity contribution in [2.75, 3.05) is 6.54 Å². The number of nitrogens with zero attached hydrogens (tertiary/aromatic N) is 3. The van der Waals surface area contributed by atoms with Crippen LogP contribution in [-0.2, 0) is 7.05 Å². The minimum atomic E-state index is -0.102. The van der Waals surface area contributed by atoms with Crippen LogP contribution in [-0.4, -0.2) is 26.9 Å². The number of amides is 1. The Bertz CT molecular complexity index is 946. The predicted octanol–water partition coefficient (Wildman–Crippen LogP) is 2.58. The van der Waals surface area contributed by atoms with Crippen LogP contribution >= 0.6 is 11.3 Å². The smallest absolute Gasteiger partial charge is 0.260 e. The lowest BCUT2D eigenvalue weighted by atomic mass is 9.99. The standard InChI is InChI=1S/C17H15N3O2S/c1-19-10-18-13-9-11(4-5-12(13)17(19)22)16(21)20-7-6-14(20)15-3-2-8-23-15/h2-5,8-10,14H,6-7H2,1H3/t14-/m0/s1. The van der Waals surface area contributed by atoms with Gasteiger partial charge < -0.3 is 9.47 Å². The normalized spacial score (nSPS) is 17.3. The molecule has 0 aliphatic carbocycles. The summed E-state index contributed by atoms with van der Waals surface area (Å²) < 4.78 is 1.44. The van der Waals surface area contributed by atoms with Gasteiger partial charge in [0.15, 0.2) is 0 Å². The fourth-order valence-electron chi connectivity index (χ4n) is 2.92. The summed E-state index contributed by atoms with van der Waals surface area (Å²) >= 11 is 1.68. The Hall–Kier alpha value is -2.47. The summed E-state index contributed by atoms with van der Waals surface area (Å²) in [5.74, 6) is -0.000901. The molecule has 1 aromatic carbocycles. The van der Waals surface area contributed by atoms with Crippen molar-refractivity contribution in [1.82, 2.24) is 14.5 Å². The van der Waals surface area contributed by atoms with Crippen LogP contribution in [0.2, 0.25) is 0 Å². The SMILES string of the molecule is Cn1cnc2cc(C(=O)N3CC[C@H]3c3cccs3)ccc2c1=O. The first kappa shape index (κ1) is 14.1. The molecule has 1 atom stereocenters. The molecule has 23 heavy (non-hydrogen) atoms. The van der Waals surface area contributed by atoms with E-state index in [2.05, 4.69) is 11.1 Å². The minimum Gasteiger partial charge on any atom is -0.331 e. The highest BCUT2D eigenvalue weighted by atomic mass is 32.1. The lowest BCUT2D eigenvalue weighted by molar-refractivity contribution is 0.0468. The fraction of sp³-hybridized carbons (Fsp3) is 0.235. The molecule has 0 radical (unpaired) electrons. The number of hydrogen-bond acceptors (Lipinski definition) is 4. The third-order valence-electron chi connectivity index (χ3n) is 4.32. The van der Waals surface area contributed by atoms with Crippen LogP contribution in [0.1, 0.15) is 27.7 Å². The molecule has 1 aliphatic heterocycles. The number of hydrogen-bond donors (Lipinski definition) is 0. The second kappa shape index (κ2) is 5.31. The maximum Gasteiger partial charge on any atom is 0.260 e. The van der Waals surface area contributed by atoms with Gasteiger partial charge in [0.05, 0.1) is 23.3 Å². The third-order valence-corrected chi connectivity index (χ3v) is 5.29. The largest absolute Gasteiger partial charge is 0.331 e. The molecule has 1 fully saturated rings. The topological polar surface area (TPSA) is 55.2 Å². The average molecular weight is 325 g/mol. The van der Waals surface area contributed by atoms with E-state index < -0.39 is 0 Å². The van der Waals surface area contributed by atoms with Gasteiger partial charge in [-0.1, -0.05) is 6.07 Å². The van der Waals surface area contributed by atoms with E-state index in [1.165, 1.54) is 15.8 Å². The Balaban J connectivity index is 1.68. The van der Waals surface area contributed by atoms with Crippen molar-refractivity contribution < 1.29 is 4.79 Å². The van der Waals surface area contributed by atoms with Crippen molar-refractivity contribution >= 4 is 28.1 Å². The Morgan fingerprint density at radius 1 is 1.35 bits per heavy atom. The second-order valence-electron chi connectivity index (χ2n) is 5.71. The number of rotatable bonds is 2. The van der Waals surface area contributed by atoms with E-state index in [0.29, 0.717) is 16.5 Å². The summed E-state index contributed by atoms with van der Waals surface area (Å²) in [6.45, 7) is 0.767. The van der Waals surface area contributed by atoms with Crippen molar-refractivity contribution in [3.05, 3.63) is 62.8 Å². The number of benzene rings is 1. The first-order valence-electron chi connectivity index (χ1n) is 7.45. The van der Waals surface area contributed by atoms with Crippen molar-refractivity contribution in [3.8, 4) is 0 Å². The van der Waals surface area contributed by atoms with Crippen molar-refractivity contribution in [2.45, 2.75) is 12.5 Å². The van der Waals surface area contributed by atoms with E-state index in [1.54, 1.807) is 36.6 Å². The monoisotopic (exact) mass is 325 g/mol. The zero-order valence-corrected chi connectivity index (χ0v) is 13.4. The molecule has 0 saturated carbocycles. The molecule has 0 unspecified atom stereocenters. The van der Waals surface area contributed by atoms with Crippen LogP contribution in [0.4, 0.5) is 0 Å². The number of thiophene rings is 1. The van der Waals surface area contributed by atoms with Gasteiger partial charge in [0.1, 0.15) is 0 Å². The summed E-state index contributed by atoms with van der Waals surface area (Å²) in [7, 11) is 1.67. The van der Waals surface area contributed by atoms with Gasteiger partial charge in [0.2, 0.25) is 0 Å². The van der Waals surface area contributed by atoms with Crippen LogP contribution in [0, 0.1) is 0 Å². The van der Waals surface area contributed by atoms with Crippen LogP contribution in [0.3, 0.4) is 0 Å². The molecule has 4 rings (SSSR count). The Morgan fingerprint density at radius 2 is 2.22 bits per heavy atom. The summed E-state index contributed by atoms with van der Waals surface area (Å²) in [6, 6.07) is 9.38. The first-order valence-corrected chi connectivity index (χ1v) is 8.33. The molecule has 1 saturated heterocycles. The number of likely N-dealkylation sites (tertiary alicyclic amines) is 1. The maximum atomic E-state index is 12.7. The predicted molar refractivity (Wildman–Crippen MR) is 89.7 cm³/mol. The molecule has 2 aromatic heterocycles. The van der Waals surface area contributed by atoms with E-state index in [1.807, 2.05) is 16.3 Å². The number of aromatic nitrogens is 2. The molecular weight excluding hydrogens is 310 g/mol. The molecule has 0 bridgehead atoms. The number of carbonyl (C=O) groups excluding carboxylic acids is 1. The van der Waals surface area contributed by atoms with Gasteiger partial charge in [-0.15, -0.1) is 11.3 Å². The summed E-state index contributed by atoms with van der Waals surface area (Å²) in [4.78, 5) is 32.1. The summed E-state index contributed by atoms with van der Waals surface area (Å²) in [5.41, 5.74) is 1.04. The Labute approximate surface area is 136 Å². The quantitative estimate of drug-likeness (QED) is 0.728. The summed E-state index contributed by atoms with van der Waals surface area (Å²) in [6.07, 6.45) is 2.48. The van der Waals surface area contributed by atoms with Gasteiger partial charge in [0.25, 0.3) is 11.5 Å². The van der Waals surface area contributed by atoms with Crippen LogP contribution in [0.5, 0.6) is 0 Å². The van der Waals surface area contributed by atoms with E-state index in [0.717, 1.165) is 13.0 Å². The van der Waals surface area contributed by atoms with Gasteiger partial charge in [-0.2, -0.15) is 0 Å². The molecule has 5 nitrogen and oxygen atoms in total. The fourth-order valence-corrected chi connectivity index (χ4v) is 3.79. The molecule has 116 valence electrons. The molecule has 3 aromatic rings. The molecule has 0 spiro atoms. The van der Waals surface area contributed by atoms with Gasteiger partial charge in [-0.05, 0) is 36.1 Å². The van der Waals surface area contributed by atoms with E-state index in [4.69, 9.17) is 0 Å². The summed E-state index contributed by atoms with van der Waals surface area (Å²) in [5, 5.41) is 2.57. The molecule has 1 amide bonds. The minimum absolute atomic E-state index is 0.000901. The zero-order chi connectivity index (χ0) is 16.0. The number of carbonyl (C=O) groups is 1. The zero-order valence-electron chi connectivity index (χ0n) is 12.6. The van der Waals surface area contributed by atoms with Gasteiger partial charge >= 0.3 is 0 Å². The van der Waals surface area contributed by atoms with Gasteiger partial charge in [-0.25, -0.2) is 4.98 Å². The van der Waals surface area contributed by atoms with Crippen LogP contribution in [0.15, 0.2) is 46.8 Å². The highest BCUT2D eigenvalue weighted by molar-refractivity contribution is 7.10. The second-order valence-corrected chi connectivity index (χ2v) is 6.69. The van der Waals surface area contributed by atoms with Gasteiger partial charge in [-0.3, -0.25) is 9.59 Å². The van der Waals surface area contributed by atoms with Crippen LogP contribution in [0.25, 0.3) is 10.9 Å². The van der Waals surface area contributed by atoms with E-state index in [9.17, 15) is 9.59 Å². The van der Waals surface area contributed by atoms with E-state index in [-0.39, 0.29) is 17.5 Å². The maximum absolute atomic E-state index is 12.7. The highest BCUT2D eigenvalue weighted by Gasteiger charge is 2.34. The Kier molecular flexibility index (Phi) is 3.27. The van der Waals surface area contributed by atoms with Crippen molar-refractivity contribution in [3.63, 3.8) is 0 Å². The molecule has 3 heterocycles. The molecule has 1 aliphatic rings. The average Bonchev–Trinajstić information content (AvgIpc) is 3.03. The third kappa shape index (κ3) is 2.26. The highest BCUT2D eigenvalue weighted by Crippen LogP contribution is 2.36. The lowest BCUT2D eigenvalue weighted by Gasteiger charge is -2.40. The molecule has 6 heteroatoms. The van der Waals surface area contributed by atoms with Crippen molar-refractivity contribution in [1.29, 1.82) is 0 Å². The molecule has 0 N–H and O–H groups in total. The van der Waals surface area contributed by atoms with Gasteiger partial charge in [0, 0.05) is 24.0 Å². The number of aryl methyl sites for hydroxylation is 1. The lowest BCUT2D eigenvalue weighted by Crippen LogP contribution is -2.44. The van der Waals surface area contributed by atoms with Crippen LogP contribution < -0.4 is 5.56 Å². The first-order chi connectivity index (χ1) is 11.1. The number of fused-ring (bicyclic) bond motifs is 1. The molecular formula is C17H15N3O2S. The van der Waals surface area contributed by atoms with Crippen molar-refractivity contribution in [2.24, 2.45) is 7.05 Å².